The molecule has 1 aromatic heterocycles. The second-order valence-corrected chi connectivity index (χ2v) is 5.84. The van der Waals surface area contributed by atoms with Crippen LogP contribution in [0.4, 0.5) is 5.69 Å². The van der Waals surface area contributed by atoms with E-state index in [4.69, 9.17) is 17.3 Å². The first-order chi connectivity index (χ1) is 11.5. The summed E-state index contributed by atoms with van der Waals surface area (Å²) in [6.45, 7) is 1.48. The number of nitrogens with two attached hydrogens (primary N) is 1. The molecule has 24 heavy (non-hydrogen) atoms. The maximum atomic E-state index is 12.9. The molecule has 0 spiro atoms. The Kier molecular flexibility index (Phi) is 4.41. The molecule has 2 heterocycles. The molecule has 1 fully saturated rings. The summed E-state index contributed by atoms with van der Waals surface area (Å²) in [5, 5.41) is 3.75. The summed E-state index contributed by atoms with van der Waals surface area (Å²) < 4.78 is 0. The molecule has 1 aliphatic heterocycles. The Morgan fingerprint density at radius 1 is 1.25 bits per heavy atom. The molecule has 9 heteroatoms. The van der Waals surface area contributed by atoms with Gasteiger partial charge in [0.15, 0.2) is 0 Å². The van der Waals surface area contributed by atoms with Gasteiger partial charge in [0.2, 0.25) is 0 Å². The van der Waals surface area contributed by atoms with Crippen LogP contribution in [0.1, 0.15) is 22.1 Å². The number of nitrogens with zero attached hydrogens (tertiary/aromatic N) is 1. The highest BCUT2D eigenvalue weighted by molar-refractivity contribution is 6.31. The molecule has 1 amide bonds. The molecule has 1 aromatic carbocycles. The van der Waals surface area contributed by atoms with Gasteiger partial charge in [-0.25, -0.2) is 4.79 Å². The zero-order valence-corrected chi connectivity index (χ0v) is 13.4. The normalized spacial score (nSPS) is 17.7. The standard InChI is InChI=1S/C15H16ClN5O3/c16-9-4-2-1-3-8(9)10-7-18-5-6-21(10)14(23)12-11(17)13(22)20-15(24)19-12/h1-4,10,18H,5-7,17H2,(H2,19,20,22,24). The Balaban J connectivity index is 2.03. The lowest BCUT2D eigenvalue weighted by molar-refractivity contribution is 0.0629. The van der Waals surface area contributed by atoms with Crippen molar-refractivity contribution in [2.45, 2.75) is 6.04 Å². The van der Waals surface area contributed by atoms with Crippen molar-refractivity contribution in [3.63, 3.8) is 0 Å². The monoisotopic (exact) mass is 349 g/mol. The molecule has 8 nitrogen and oxygen atoms in total. The van der Waals surface area contributed by atoms with Crippen molar-refractivity contribution in [3.8, 4) is 0 Å². The number of aromatic amines is 2. The van der Waals surface area contributed by atoms with Crippen LogP contribution in [0.5, 0.6) is 0 Å². The van der Waals surface area contributed by atoms with E-state index < -0.39 is 17.2 Å². The molecule has 1 aliphatic rings. The van der Waals surface area contributed by atoms with Crippen LogP contribution in [0.15, 0.2) is 33.9 Å². The molecule has 0 saturated carbocycles. The fourth-order valence-corrected chi connectivity index (χ4v) is 3.04. The third-order valence-corrected chi connectivity index (χ3v) is 4.31. The van der Waals surface area contributed by atoms with E-state index in [0.29, 0.717) is 24.7 Å². The van der Waals surface area contributed by atoms with Crippen LogP contribution in [0.2, 0.25) is 5.02 Å². The van der Waals surface area contributed by atoms with Crippen molar-refractivity contribution in [3.05, 3.63) is 61.4 Å². The lowest BCUT2D eigenvalue weighted by Gasteiger charge is -2.37. The summed E-state index contributed by atoms with van der Waals surface area (Å²) in [7, 11) is 0. The van der Waals surface area contributed by atoms with Gasteiger partial charge < -0.3 is 20.9 Å². The molecule has 0 aliphatic carbocycles. The van der Waals surface area contributed by atoms with Crippen molar-refractivity contribution in [1.82, 2.24) is 20.2 Å². The number of halogens is 1. The number of nitrogens with one attached hydrogen (secondary N) is 3. The van der Waals surface area contributed by atoms with E-state index in [-0.39, 0.29) is 17.4 Å². The zero-order chi connectivity index (χ0) is 17.3. The van der Waals surface area contributed by atoms with Crippen LogP contribution in [-0.4, -0.2) is 40.4 Å². The number of carbonyl (C=O) groups is 1. The molecule has 0 bridgehead atoms. The van der Waals surface area contributed by atoms with Crippen LogP contribution in [0.3, 0.4) is 0 Å². The number of amides is 1. The summed E-state index contributed by atoms with van der Waals surface area (Å²) in [6, 6.07) is 6.90. The molecule has 3 rings (SSSR count). The van der Waals surface area contributed by atoms with Crippen molar-refractivity contribution >= 4 is 23.2 Å². The lowest BCUT2D eigenvalue weighted by Crippen LogP contribution is -2.49. The van der Waals surface area contributed by atoms with Gasteiger partial charge in [0.25, 0.3) is 11.5 Å². The smallest absolute Gasteiger partial charge is 0.326 e. The van der Waals surface area contributed by atoms with Gasteiger partial charge in [-0.1, -0.05) is 29.8 Å². The molecule has 1 unspecified atom stereocenters. The Labute approximate surface area is 141 Å². The summed E-state index contributed by atoms with van der Waals surface area (Å²) >= 11 is 6.25. The molecule has 5 N–H and O–H groups in total. The van der Waals surface area contributed by atoms with Gasteiger partial charge >= 0.3 is 5.69 Å². The van der Waals surface area contributed by atoms with Gasteiger partial charge in [-0.3, -0.25) is 14.6 Å². The van der Waals surface area contributed by atoms with Crippen molar-refractivity contribution in [2.75, 3.05) is 25.4 Å². The molecule has 2 aromatic rings. The van der Waals surface area contributed by atoms with Crippen LogP contribution in [0.25, 0.3) is 0 Å². The average Bonchev–Trinajstić information content (AvgIpc) is 2.58. The second-order valence-electron chi connectivity index (χ2n) is 5.44. The minimum atomic E-state index is -0.786. The van der Waals surface area contributed by atoms with E-state index in [1.807, 2.05) is 17.1 Å². The van der Waals surface area contributed by atoms with Crippen molar-refractivity contribution in [1.29, 1.82) is 0 Å². The largest absolute Gasteiger partial charge is 0.392 e. The van der Waals surface area contributed by atoms with Crippen LogP contribution < -0.4 is 22.3 Å². The first kappa shape index (κ1) is 16.3. The second kappa shape index (κ2) is 6.50. The number of hydrogen-bond donors (Lipinski definition) is 4. The van der Waals surface area contributed by atoms with Gasteiger partial charge in [0, 0.05) is 24.7 Å². The summed E-state index contributed by atoms with van der Waals surface area (Å²) in [4.78, 5) is 41.9. The topological polar surface area (TPSA) is 124 Å². The number of piperazine rings is 1. The van der Waals surface area contributed by atoms with Gasteiger partial charge in [0.1, 0.15) is 11.4 Å². The Bertz CT molecular complexity index is 891. The van der Waals surface area contributed by atoms with E-state index in [1.165, 1.54) is 0 Å². The van der Waals surface area contributed by atoms with Gasteiger partial charge in [0.05, 0.1) is 6.04 Å². The average molecular weight is 350 g/mol. The van der Waals surface area contributed by atoms with Gasteiger partial charge in [-0.05, 0) is 11.6 Å². The minimum absolute atomic E-state index is 0.206. The Morgan fingerprint density at radius 2 is 2.00 bits per heavy atom. The van der Waals surface area contributed by atoms with E-state index in [0.717, 1.165) is 5.56 Å². The summed E-state index contributed by atoms with van der Waals surface area (Å²) in [5.41, 5.74) is 4.38. The van der Waals surface area contributed by atoms with Crippen LogP contribution >= 0.6 is 11.6 Å². The summed E-state index contributed by atoms with van der Waals surface area (Å²) in [6.07, 6.45) is 0. The number of hydrogen-bond acceptors (Lipinski definition) is 5. The zero-order valence-electron chi connectivity index (χ0n) is 12.6. The lowest BCUT2D eigenvalue weighted by atomic mass is 10.0. The Morgan fingerprint density at radius 3 is 2.75 bits per heavy atom. The first-order valence-electron chi connectivity index (χ1n) is 7.37. The molecule has 1 atom stereocenters. The number of rotatable bonds is 2. The number of anilines is 1. The fraction of sp³-hybridized carbons (Fsp3) is 0.267. The molecular weight excluding hydrogens is 334 g/mol. The number of carbonyl (C=O) groups excluding carboxylic acids is 1. The predicted octanol–water partition coefficient (Wildman–Crippen LogP) is 0.0855. The third kappa shape index (κ3) is 2.93. The number of H-pyrrole nitrogens is 2. The highest BCUT2D eigenvalue weighted by atomic mass is 35.5. The molecule has 126 valence electrons. The number of nitrogen functional groups attached to an aromatic ring is 1. The SMILES string of the molecule is Nc1c(C(=O)N2CCNCC2c2ccccc2Cl)[nH]c(=O)[nH]c1=O. The highest BCUT2D eigenvalue weighted by Crippen LogP contribution is 2.29. The number of aromatic nitrogens is 2. The van der Waals surface area contributed by atoms with Crippen molar-refractivity contribution < 1.29 is 4.79 Å². The van der Waals surface area contributed by atoms with E-state index >= 15 is 0 Å². The maximum Gasteiger partial charge on any atom is 0.326 e. The molecule has 0 radical (unpaired) electrons. The highest BCUT2D eigenvalue weighted by Gasteiger charge is 2.31. The summed E-state index contributed by atoms with van der Waals surface area (Å²) in [5.74, 6) is -0.512. The van der Waals surface area contributed by atoms with E-state index in [9.17, 15) is 14.4 Å². The Hall–Kier alpha value is -2.58. The van der Waals surface area contributed by atoms with E-state index in [2.05, 4.69) is 10.3 Å². The van der Waals surface area contributed by atoms with Crippen LogP contribution in [-0.2, 0) is 0 Å². The van der Waals surface area contributed by atoms with Crippen LogP contribution in [0, 0.1) is 0 Å². The molecule has 1 saturated heterocycles. The maximum absolute atomic E-state index is 12.9. The molecular formula is C15H16ClN5O3. The predicted molar refractivity (Wildman–Crippen MR) is 90.2 cm³/mol. The fourth-order valence-electron chi connectivity index (χ4n) is 2.78. The number of benzene rings is 1. The first-order valence-corrected chi connectivity index (χ1v) is 7.75. The quantitative estimate of drug-likeness (QED) is 0.611. The van der Waals surface area contributed by atoms with Gasteiger partial charge in [-0.15, -0.1) is 0 Å². The minimum Gasteiger partial charge on any atom is -0.392 e. The van der Waals surface area contributed by atoms with Gasteiger partial charge in [-0.2, -0.15) is 0 Å². The van der Waals surface area contributed by atoms with E-state index in [1.54, 1.807) is 17.0 Å². The third-order valence-electron chi connectivity index (χ3n) is 3.96. The van der Waals surface area contributed by atoms with Crippen molar-refractivity contribution in [2.24, 2.45) is 0 Å².